The summed E-state index contributed by atoms with van der Waals surface area (Å²) in [6, 6.07) is 5.34. The van der Waals surface area contributed by atoms with E-state index in [1.165, 1.54) is 16.8 Å². The lowest BCUT2D eigenvalue weighted by molar-refractivity contribution is 0.0995. The van der Waals surface area contributed by atoms with Crippen molar-refractivity contribution >= 4 is 22.9 Å². The molecular weight excluding hydrogens is 314 g/mol. The zero-order chi connectivity index (χ0) is 15.8. The fraction of sp³-hybridized carbons (Fsp3) is 0.200. The van der Waals surface area contributed by atoms with Crippen LogP contribution in [0.1, 0.15) is 27.2 Å². The molecule has 0 bridgehead atoms. The number of carbonyl (C=O) groups is 1. The Morgan fingerprint density at radius 2 is 2.30 bits per heavy atom. The van der Waals surface area contributed by atoms with Crippen LogP contribution in [0.2, 0.25) is 0 Å². The number of nitrogens with two attached hydrogens (primary N) is 1. The Labute approximate surface area is 135 Å². The maximum atomic E-state index is 11.0. The fourth-order valence-corrected chi connectivity index (χ4v) is 3.48. The van der Waals surface area contributed by atoms with E-state index in [2.05, 4.69) is 31.9 Å². The van der Waals surface area contributed by atoms with Gasteiger partial charge in [0.2, 0.25) is 11.7 Å². The summed E-state index contributed by atoms with van der Waals surface area (Å²) in [6.07, 6.45) is 2.41. The Morgan fingerprint density at radius 3 is 3.09 bits per heavy atom. The van der Waals surface area contributed by atoms with Crippen LogP contribution in [-0.4, -0.2) is 27.6 Å². The number of hydrogen-bond donors (Lipinski definition) is 2. The first kappa shape index (κ1) is 13.9. The van der Waals surface area contributed by atoms with Crippen LogP contribution in [0.5, 0.6) is 0 Å². The van der Waals surface area contributed by atoms with Crippen LogP contribution in [0.4, 0.5) is 5.69 Å². The second kappa shape index (κ2) is 5.47. The molecule has 116 valence electrons. The van der Waals surface area contributed by atoms with Crippen LogP contribution in [0.15, 0.2) is 34.3 Å². The van der Waals surface area contributed by atoms with E-state index in [1.807, 2.05) is 0 Å². The molecule has 0 fully saturated rings. The first-order valence-electron chi connectivity index (χ1n) is 7.11. The predicted molar refractivity (Wildman–Crippen MR) is 85.3 cm³/mol. The highest BCUT2D eigenvalue weighted by molar-refractivity contribution is 7.10. The number of hydrogen-bond acceptors (Lipinski definition) is 7. The van der Waals surface area contributed by atoms with E-state index in [4.69, 9.17) is 10.3 Å². The summed E-state index contributed by atoms with van der Waals surface area (Å²) in [5.41, 5.74) is 7.26. The quantitative estimate of drug-likeness (QED) is 0.762. The van der Waals surface area contributed by atoms with Gasteiger partial charge in [-0.3, -0.25) is 9.78 Å². The van der Waals surface area contributed by atoms with Gasteiger partial charge in [-0.25, -0.2) is 0 Å². The lowest BCUT2D eigenvalue weighted by Gasteiger charge is -2.20. The van der Waals surface area contributed by atoms with E-state index in [9.17, 15) is 4.79 Å². The zero-order valence-electron chi connectivity index (χ0n) is 12.0. The average Bonchev–Trinajstić information content (AvgIpc) is 3.23. The number of amides is 1. The molecule has 3 N–H and O–H groups in total. The molecule has 0 saturated carbocycles. The fourth-order valence-electron chi connectivity index (χ4n) is 2.55. The molecule has 3 aromatic heterocycles. The Kier molecular flexibility index (Phi) is 3.30. The second-order valence-electron chi connectivity index (χ2n) is 5.29. The molecule has 0 aliphatic carbocycles. The van der Waals surface area contributed by atoms with E-state index < -0.39 is 5.91 Å². The molecule has 1 aliphatic rings. The van der Waals surface area contributed by atoms with Crippen LogP contribution in [-0.2, 0) is 6.42 Å². The smallest absolute Gasteiger partial charge is 0.267 e. The second-order valence-corrected chi connectivity index (χ2v) is 6.29. The summed E-state index contributed by atoms with van der Waals surface area (Å²) in [6.45, 7) is 0.768. The lowest BCUT2D eigenvalue weighted by atomic mass is 10.0. The van der Waals surface area contributed by atoms with Crippen LogP contribution in [0.25, 0.3) is 11.4 Å². The number of carbonyl (C=O) groups excluding carboxylic acids is 1. The van der Waals surface area contributed by atoms with Gasteiger partial charge in [0.1, 0.15) is 5.69 Å². The van der Waals surface area contributed by atoms with Gasteiger partial charge in [0, 0.05) is 28.9 Å². The molecule has 0 aromatic carbocycles. The van der Waals surface area contributed by atoms with Crippen LogP contribution in [0.3, 0.4) is 0 Å². The number of nitrogens with zero attached hydrogens (tertiary/aromatic N) is 3. The van der Waals surface area contributed by atoms with E-state index >= 15 is 0 Å². The third-order valence-electron chi connectivity index (χ3n) is 3.78. The Balaban J connectivity index is 1.56. The molecule has 23 heavy (non-hydrogen) atoms. The van der Waals surface area contributed by atoms with Gasteiger partial charge in [-0.2, -0.15) is 4.98 Å². The molecule has 3 aromatic rings. The number of aromatic nitrogens is 3. The van der Waals surface area contributed by atoms with Crippen molar-refractivity contribution in [2.45, 2.75) is 12.3 Å². The molecule has 0 saturated heterocycles. The third kappa shape index (κ3) is 2.57. The van der Waals surface area contributed by atoms with Gasteiger partial charge in [0.05, 0.1) is 5.92 Å². The molecule has 4 heterocycles. The van der Waals surface area contributed by atoms with Crippen molar-refractivity contribution < 1.29 is 9.32 Å². The summed E-state index contributed by atoms with van der Waals surface area (Å²) >= 11 is 1.73. The van der Waals surface area contributed by atoms with Crippen LogP contribution < -0.4 is 11.1 Å². The molecule has 1 amide bonds. The molecular formula is C15H13N5O2S. The maximum Gasteiger partial charge on any atom is 0.267 e. The summed E-state index contributed by atoms with van der Waals surface area (Å²) in [5.74, 6) is 0.650. The third-order valence-corrected chi connectivity index (χ3v) is 4.72. The number of primary amides is 1. The van der Waals surface area contributed by atoms with Crippen molar-refractivity contribution in [3.63, 3.8) is 0 Å². The number of rotatable bonds is 3. The van der Waals surface area contributed by atoms with E-state index in [-0.39, 0.29) is 11.6 Å². The minimum Gasteiger partial charge on any atom is -0.383 e. The van der Waals surface area contributed by atoms with Gasteiger partial charge >= 0.3 is 0 Å². The largest absolute Gasteiger partial charge is 0.383 e. The monoisotopic (exact) mass is 327 g/mol. The highest BCUT2D eigenvalue weighted by Crippen LogP contribution is 2.33. The molecule has 0 radical (unpaired) electrons. The van der Waals surface area contributed by atoms with Gasteiger partial charge in [-0.1, -0.05) is 5.16 Å². The molecule has 8 heteroatoms. The summed E-state index contributed by atoms with van der Waals surface area (Å²) < 4.78 is 5.41. The number of anilines is 1. The average molecular weight is 327 g/mol. The van der Waals surface area contributed by atoms with Crippen molar-refractivity contribution in [3.8, 4) is 11.4 Å². The highest BCUT2D eigenvalue weighted by Gasteiger charge is 2.25. The van der Waals surface area contributed by atoms with Gasteiger partial charge in [-0.15, -0.1) is 11.3 Å². The van der Waals surface area contributed by atoms with E-state index in [1.54, 1.807) is 23.5 Å². The lowest BCUT2D eigenvalue weighted by Crippen LogP contribution is -2.20. The van der Waals surface area contributed by atoms with Crippen LogP contribution >= 0.6 is 11.3 Å². The van der Waals surface area contributed by atoms with Crippen molar-refractivity contribution in [3.05, 3.63) is 46.2 Å². The van der Waals surface area contributed by atoms with Gasteiger partial charge in [0.15, 0.2) is 0 Å². The molecule has 1 aliphatic heterocycles. The summed E-state index contributed by atoms with van der Waals surface area (Å²) in [7, 11) is 0. The van der Waals surface area contributed by atoms with Crippen LogP contribution in [0, 0.1) is 0 Å². The Morgan fingerprint density at radius 1 is 1.39 bits per heavy atom. The van der Waals surface area contributed by atoms with Gasteiger partial charge in [0.25, 0.3) is 5.91 Å². The van der Waals surface area contributed by atoms with Crippen molar-refractivity contribution in [1.82, 2.24) is 15.1 Å². The maximum absolute atomic E-state index is 11.0. The standard InChI is InChI=1S/C15H13N5O2S/c16-13(21)11-2-1-8(6-18-11)14-19-15(22-20-14)9-5-12-10(17-7-9)3-4-23-12/h1-4,6,9,17H,5,7H2,(H2,16,21). The molecule has 7 nitrogen and oxygen atoms in total. The number of nitrogens with one attached hydrogen (secondary N) is 1. The predicted octanol–water partition coefficient (Wildman–Crippen LogP) is 2.04. The summed E-state index contributed by atoms with van der Waals surface area (Å²) in [5, 5.41) is 9.47. The van der Waals surface area contributed by atoms with E-state index in [0.29, 0.717) is 17.3 Å². The number of thiophene rings is 1. The molecule has 0 spiro atoms. The zero-order valence-corrected chi connectivity index (χ0v) is 12.8. The minimum absolute atomic E-state index is 0.153. The first-order valence-corrected chi connectivity index (χ1v) is 7.99. The Hall–Kier alpha value is -2.74. The van der Waals surface area contributed by atoms with Gasteiger partial charge in [-0.05, 0) is 30.0 Å². The highest BCUT2D eigenvalue weighted by atomic mass is 32.1. The normalized spacial score (nSPS) is 16.6. The molecule has 1 unspecified atom stereocenters. The first-order chi connectivity index (χ1) is 11.2. The minimum atomic E-state index is -0.564. The van der Waals surface area contributed by atoms with Crippen molar-refractivity contribution in [2.75, 3.05) is 11.9 Å². The summed E-state index contributed by atoms with van der Waals surface area (Å²) in [4.78, 5) is 20.8. The van der Waals surface area contributed by atoms with Crippen molar-refractivity contribution in [1.29, 1.82) is 0 Å². The molecule has 1 atom stereocenters. The molecule has 4 rings (SSSR count). The van der Waals surface area contributed by atoms with Gasteiger partial charge < -0.3 is 15.6 Å². The number of fused-ring (bicyclic) bond motifs is 1. The van der Waals surface area contributed by atoms with Crippen molar-refractivity contribution in [2.24, 2.45) is 5.73 Å². The topological polar surface area (TPSA) is 107 Å². The SMILES string of the molecule is NC(=O)c1ccc(-c2noc(C3CNc4ccsc4C3)n2)cn1. The Bertz CT molecular complexity index is 855. The number of pyridine rings is 1. The van der Waals surface area contributed by atoms with E-state index in [0.717, 1.165) is 13.0 Å².